The molecule has 0 spiro atoms. The Morgan fingerprint density at radius 2 is 1.48 bits per heavy atom. The summed E-state index contributed by atoms with van der Waals surface area (Å²) >= 11 is 0. The SMILES string of the molecule is CC(C)(C)CCCC(C)(C)OC(=O)NC(N)c1ccc(C(=O)OC(C)(C)C)cc1. The Kier molecular flexibility index (Phi) is 8.27. The van der Waals surface area contributed by atoms with E-state index < -0.39 is 29.4 Å². The number of carbonyl (C=O) groups is 2. The Morgan fingerprint density at radius 3 is 1.97 bits per heavy atom. The summed E-state index contributed by atoms with van der Waals surface area (Å²) in [6, 6.07) is 6.65. The molecule has 164 valence electrons. The van der Waals surface area contributed by atoms with Crippen LogP contribution in [0.2, 0.25) is 0 Å². The predicted molar refractivity (Wildman–Crippen MR) is 116 cm³/mol. The van der Waals surface area contributed by atoms with Crippen molar-refractivity contribution in [2.45, 2.75) is 92.0 Å². The number of amides is 1. The Labute approximate surface area is 175 Å². The maximum Gasteiger partial charge on any atom is 0.409 e. The van der Waals surface area contributed by atoms with Crippen LogP contribution >= 0.6 is 0 Å². The highest BCUT2D eigenvalue weighted by Crippen LogP contribution is 2.26. The molecule has 1 atom stereocenters. The first-order valence-corrected chi connectivity index (χ1v) is 10.2. The lowest BCUT2D eigenvalue weighted by Crippen LogP contribution is -2.39. The first-order chi connectivity index (χ1) is 13.1. The third kappa shape index (κ3) is 10.3. The molecule has 6 heteroatoms. The van der Waals surface area contributed by atoms with Crippen LogP contribution in [0.1, 0.15) is 96.7 Å². The molecule has 3 N–H and O–H groups in total. The zero-order chi connectivity index (χ0) is 22.5. The van der Waals surface area contributed by atoms with E-state index >= 15 is 0 Å². The molecule has 0 bridgehead atoms. The van der Waals surface area contributed by atoms with Gasteiger partial charge >= 0.3 is 12.1 Å². The largest absolute Gasteiger partial charge is 0.456 e. The molecule has 0 aliphatic carbocycles. The minimum atomic E-state index is -0.736. The molecule has 0 aliphatic heterocycles. The third-order valence-corrected chi connectivity index (χ3v) is 4.25. The summed E-state index contributed by atoms with van der Waals surface area (Å²) in [6.07, 6.45) is 1.51. The van der Waals surface area contributed by atoms with Crippen LogP contribution in [0.15, 0.2) is 24.3 Å². The Hall–Kier alpha value is -2.08. The van der Waals surface area contributed by atoms with Crippen LogP contribution in [-0.4, -0.2) is 23.3 Å². The summed E-state index contributed by atoms with van der Waals surface area (Å²) < 4.78 is 10.9. The maximum absolute atomic E-state index is 12.2. The molecule has 1 aromatic carbocycles. The minimum Gasteiger partial charge on any atom is -0.456 e. The van der Waals surface area contributed by atoms with Crippen LogP contribution in [0.3, 0.4) is 0 Å². The molecule has 0 saturated carbocycles. The van der Waals surface area contributed by atoms with E-state index in [0.29, 0.717) is 11.1 Å². The average molecular weight is 407 g/mol. The lowest BCUT2D eigenvalue weighted by atomic mass is 9.87. The molecule has 1 amide bonds. The number of alkyl carbamates (subject to hydrolysis) is 1. The van der Waals surface area contributed by atoms with Crippen LogP contribution in [-0.2, 0) is 9.47 Å². The fourth-order valence-corrected chi connectivity index (χ4v) is 2.75. The Bertz CT molecular complexity index is 682. The second-order valence-electron chi connectivity index (χ2n) is 10.3. The van der Waals surface area contributed by atoms with Crippen molar-refractivity contribution in [3.05, 3.63) is 35.4 Å². The summed E-state index contributed by atoms with van der Waals surface area (Å²) in [5, 5.41) is 2.65. The molecule has 1 unspecified atom stereocenters. The number of carbonyl (C=O) groups excluding carboxylic acids is 2. The fourth-order valence-electron chi connectivity index (χ4n) is 2.75. The van der Waals surface area contributed by atoms with Gasteiger partial charge in [0.05, 0.1) is 5.56 Å². The van der Waals surface area contributed by atoms with Crippen LogP contribution in [0, 0.1) is 5.41 Å². The van der Waals surface area contributed by atoms with Gasteiger partial charge in [0.1, 0.15) is 17.4 Å². The second kappa shape index (κ2) is 9.61. The normalized spacial score (nSPS) is 13.6. The standard InChI is InChI=1S/C23H38N2O4/c1-21(2,3)14-9-15-23(7,8)29-20(27)25-18(24)16-10-12-17(13-11-16)19(26)28-22(4,5)6/h10-13,18H,9,14-15,24H2,1-8H3,(H,25,27). The van der Waals surface area contributed by atoms with Crippen molar-refractivity contribution in [1.82, 2.24) is 5.32 Å². The van der Waals surface area contributed by atoms with Crippen molar-refractivity contribution in [2.24, 2.45) is 11.1 Å². The van der Waals surface area contributed by atoms with Gasteiger partial charge in [-0.1, -0.05) is 32.9 Å². The number of benzene rings is 1. The number of hydrogen-bond donors (Lipinski definition) is 2. The van der Waals surface area contributed by atoms with Crippen LogP contribution in [0.4, 0.5) is 4.79 Å². The number of hydrogen-bond acceptors (Lipinski definition) is 5. The van der Waals surface area contributed by atoms with Crippen molar-refractivity contribution in [3.8, 4) is 0 Å². The molecule has 0 saturated heterocycles. The maximum atomic E-state index is 12.2. The van der Waals surface area contributed by atoms with E-state index in [-0.39, 0.29) is 5.41 Å². The molecule has 0 aromatic heterocycles. The highest BCUT2D eigenvalue weighted by molar-refractivity contribution is 5.89. The average Bonchev–Trinajstić information content (AvgIpc) is 2.51. The van der Waals surface area contributed by atoms with Gasteiger partial charge in [-0.15, -0.1) is 0 Å². The van der Waals surface area contributed by atoms with E-state index in [2.05, 4.69) is 26.1 Å². The lowest BCUT2D eigenvalue weighted by molar-refractivity contribution is 0.00686. The smallest absolute Gasteiger partial charge is 0.409 e. The number of ether oxygens (including phenoxy) is 2. The van der Waals surface area contributed by atoms with Crippen LogP contribution < -0.4 is 11.1 Å². The van der Waals surface area contributed by atoms with Crippen molar-refractivity contribution >= 4 is 12.1 Å². The summed E-state index contributed by atoms with van der Waals surface area (Å²) in [5.41, 5.74) is 6.29. The van der Waals surface area contributed by atoms with Gasteiger partial charge in [0, 0.05) is 0 Å². The molecule has 0 fully saturated rings. The van der Waals surface area contributed by atoms with E-state index in [1.54, 1.807) is 24.3 Å². The van der Waals surface area contributed by atoms with E-state index in [1.165, 1.54) is 0 Å². The molecule has 0 heterocycles. The summed E-state index contributed by atoms with van der Waals surface area (Å²) in [4.78, 5) is 24.3. The van der Waals surface area contributed by atoms with E-state index in [1.807, 2.05) is 34.6 Å². The van der Waals surface area contributed by atoms with Gasteiger partial charge in [-0.25, -0.2) is 9.59 Å². The highest BCUT2D eigenvalue weighted by Gasteiger charge is 2.25. The zero-order valence-electron chi connectivity index (χ0n) is 19.2. The topological polar surface area (TPSA) is 90.6 Å². The monoisotopic (exact) mass is 406 g/mol. The predicted octanol–water partition coefficient (Wildman–Crippen LogP) is 5.32. The van der Waals surface area contributed by atoms with E-state index in [0.717, 1.165) is 19.3 Å². The summed E-state index contributed by atoms with van der Waals surface area (Å²) in [7, 11) is 0. The van der Waals surface area contributed by atoms with Gasteiger partial charge in [0.25, 0.3) is 0 Å². The molecular weight excluding hydrogens is 368 g/mol. The minimum absolute atomic E-state index is 0.256. The molecule has 1 rings (SSSR count). The number of rotatable bonds is 7. The van der Waals surface area contributed by atoms with Crippen molar-refractivity contribution in [1.29, 1.82) is 0 Å². The van der Waals surface area contributed by atoms with Gasteiger partial charge in [-0.3, -0.25) is 0 Å². The van der Waals surface area contributed by atoms with Gasteiger partial charge in [0.2, 0.25) is 0 Å². The second-order valence-corrected chi connectivity index (χ2v) is 10.3. The van der Waals surface area contributed by atoms with Crippen molar-refractivity contribution < 1.29 is 19.1 Å². The highest BCUT2D eigenvalue weighted by atomic mass is 16.6. The van der Waals surface area contributed by atoms with Crippen LogP contribution in [0.5, 0.6) is 0 Å². The van der Waals surface area contributed by atoms with Crippen LogP contribution in [0.25, 0.3) is 0 Å². The Morgan fingerprint density at radius 1 is 0.931 bits per heavy atom. The van der Waals surface area contributed by atoms with Gasteiger partial charge < -0.3 is 20.5 Å². The molecule has 0 aliphatic rings. The van der Waals surface area contributed by atoms with Gasteiger partial charge in [0.15, 0.2) is 0 Å². The van der Waals surface area contributed by atoms with Gasteiger partial charge in [-0.05, 0) is 77.0 Å². The molecule has 6 nitrogen and oxygen atoms in total. The summed E-state index contributed by atoms with van der Waals surface area (Å²) in [5.74, 6) is -0.401. The quantitative estimate of drug-likeness (QED) is 0.472. The van der Waals surface area contributed by atoms with Crippen molar-refractivity contribution in [3.63, 3.8) is 0 Å². The first kappa shape index (κ1) is 25.0. The lowest BCUT2D eigenvalue weighted by Gasteiger charge is -2.28. The first-order valence-electron chi connectivity index (χ1n) is 10.2. The van der Waals surface area contributed by atoms with Gasteiger partial charge in [-0.2, -0.15) is 0 Å². The molecule has 0 radical (unpaired) electrons. The fraction of sp³-hybridized carbons (Fsp3) is 0.652. The Balaban J connectivity index is 2.59. The van der Waals surface area contributed by atoms with E-state index in [9.17, 15) is 9.59 Å². The van der Waals surface area contributed by atoms with E-state index in [4.69, 9.17) is 15.2 Å². The van der Waals surface area contributed by atoms with Crippen molar-refractivity contribution in [2.75, 3.05) is 0 Å². The third-order valence-electron chi connectivity index (χ3n) is 4.25. The molecular formula is C23H38N2O4. The summed E-state index contributed by atoms with van der Waals surface area (Å²) in [6.45, 7) is 15.8. The number of nitrogens with one attached hydrogen (secondary N) is 1. The molecule has 29 heavy (non-hydrogen) atoms. The number of esters is 1. The molecule has 1 aromatic rings. The number of nitrogens with two attached hydrogens (primary N) is 1. The zero-order valence-corrected chi connectivity index (χ0v) is 19.2.